The Balaban J connectivity index is 1.44. The lowest BCUT2D eigenvalue weighted by atomic mass is 9.92. The van der Waals surface area contributed by atoms with Gasteiger partial charge in [0.25, 0.3) is 5.91 Å². The van der Waals surface area contributed by atoms with Crippen molar-refractivity contribution in [1.82, 2.24) is 9.88 Å². The third kappa shape index (κ3) is 3.59. The molecule has 2 aliphatic carbocycles. The van der Waals surface area contributed by atoms with Crippen molar-refractivity contribution in [3.8, 4) is 5.88 Å². The van der Waals surface area contributed by atoms with Gasteiger partial charge in [0.15, 0.2) is 0 Å². The minimum Gasteiger partial charge on any atom is -0.481 e. The van der Waals surface area contributed by atoms with Crippen molar-refractivity contribution in [2.24, 2.45) is 23.7 Å². The highest BCUT2D eigenvalue weighted by molar-refractivity contribution is 6.32. The number of rotatable bonds is 6. The van der Waals surface area contributed by atoms with Crippen LogP contribution in [0.15, 0.2) is 12.3 Å². The number of nitrogens with zero attached hydrogens (tertiary/aromatic N) is 2. The van der Waals surface area contributed by atoms with Gasteiger partial charge in [-0.3, -0.25) is 9.59 Å². The molecule has 0 unspecified atom stereocenters. The minimum absolute atomic E-state index is 0.0611. The molecule has 6 nitrogen and oxygen atoms in total. The lowest BCUT2D eigenvalue weighted by Gasteiger charge is -2.16. The number of halogens is 1. The first-order valence-electron chi connectivity index (χ1n) is 8.83. The van der Waals surface area contributed by atoms with Gasteiger partial charge in [-0.15, -0.1) is 0 Å². The summed E-state index contributed by atoms with van der Waals surface area (Å²) in [6.45, 7) is 1.36. The summed E-state index contributed by atoms with van der Waals surface area (Å²) < 4.78 is 5.58. The van der Waals surface area contributed by atoms with E-state index in [0.29, 0.717) is 41.5 Å². The van der Waals surface area contributed by atoms with Crippen LogP contribution in [0.1, 0.15) is 36.0 Å². The smallest absolute Gasteiger partial charge is 0.308 e. The number of likely N-dealkylation sites (tertiary alicyclic amines) is 1. The van der Waals surface area contributed by atoms with Crippen LogP contribution in [0.3, 0.4) is 0 Å². The fourth-order valence-electron chi connectivity index (χ4n) is 3.57. The molecular weight excluding hydrogens is 344 g/mol. The predicted octanol–water partition coefficient (Wildman–Crippen LogP) is 2.71. The Morgan fingerprint density at radius 3 is 2.64 bits per heavy atom. The molecule has 1 aromatic rings. The van der Waals surface area contributed by atoms with E-state index < -0.39 is 11.9 Å². The third-order valence-corrected chi connectivity index (χ3v) is 5.67. The molecule has 134 valence electrons. The molecule has 1 amide bonds. The molecule has 3 fully saturated rings. The van der Waals surface area contributed by atoms with Crippen molar-refractivity contribution in [2.75, 3.05) is 19.7 Å². The lowest BCUT2D eigenvalue weighted by Crippen LogP contribution is -2.30. The number of carbonyl (C=O) groups excluding carboxylic acids is 1. The second-order valence-corrected chi connectivity index (χ2v) is 7.83. The summed E-state index contributed by atoms with van der Waals surface area (Å²) in [6.07, 6.45) is 5.95. The van der Waals surface area contributed by atoms with Gasteiger partial charge in [-0.1, -0.05) is 11.6 Å². The Bertz CT molecular complexity index is 702. The van der Waals surface area contributed by atoms with Crippen LogP contribution in [0.4, 0.5) is 0 Å². The van der Waals surface area contributed by atoms with Crippen LogP contribution < -0.4 is 4.74 Å². The van der Waals surface area contributed by atoms with Crippen LogP contribution in [0.2, 0.25) is 5.02 Å². The number of ether oxygens (including phenoxy) is 1. The van der Waals surface area contributed by atoms with E-state index in [9.17, 15) is 14.7 Å². The summed E-state index contributed by atoms with van der Waals surface area (Å²) in [7, 11) is 0. The van der Waals surface area contributed by atoms with Gasteiger partial charge in [0, 0.05) is 19.3 Å². The standard InChI is InChI=1S/C18H21ClN2O4/c19-15-5-12(6-20-16(15)25-9-10-1-2-10)17(22)21-7-13(11-3-4-11)14(8-21)18(23)24/h5-6,10-11,13-14H,1-4,7-9H2,(H,23,24)/t13-,14+/m1/s1. The number of hydrogen-bond donors (Lipinski definition) is 1. The van der Waals surface area contributed by atoms with Crippen LogP contribution in [0.25, 0.3) is 0 Å². The van der Waals surface area contributed by atoms with Crippen LogP contribution in [0.5, 0.6) is 5.88 Å². The van der Waals surface area contributed by atoms with Crippen molar-refractivity contribution in [3.63, 3.8) is 0 Å². The summed E-state index contributed by atoms with van der Waals surface area (Å²) in [4.78, 5) is 30.0. The van der Waals surface area contributed by atoms with E-state index in [1.54, 1.807) is 11.0 Å². The molecule has 7 heteroatoms. The number of aliphatic carboxylic acids is 1. The van der Waals surface area contributed by atoms with Crippen molar-refractivity contribution < 1.29 is 19.4 Å². The van der Waals surface area contributed by atoms with E-state index in [1.165, 1.54) is 19.0 Å². The number of aromatic nitrogens is 1. The second kappa shape index (κ2) is 6.48. The van der Waals surface area contributed by atoms with Crippen LogP contribution in [-0.2, 0) is 4.79 Å². The Kier molecular flexibility index (Phi) is 4.31. The fourth-order valence-corrected chi connectivity index (χ4v) is 3.79. The molecule has 0 bridgehead atoms. The van der Waals surface area contributed by atoms with Gasteiger partial charge in [-0.25, -0.2) is 4.98 Å². The van der Waals surface area contributed by atoms with E-state index in [-0.39, 0.29) is 18.4 Å². The summed E-state index contributed by atoms with van der Waals surface area (Å²) in [5.41, 5.74) is 0.379. The van der Waals surface area contributed by atoms with E-state index >= 15 is 0 Å². The van der Waals surface area contributed by atoms with Crippen LogP contribution >= 0.6 is 11.6 Å². The monoisotopic (exact) mass is 364 g/mol. The maximum Gasteiger partial charge on any atom is 0.308 e. The number of carbonyl (C=O) groups is 2. The molecule has 1 aliphatic heterocycles. The molecule has 0 spiro atoms. The molecular formula is C18H21ClN2O4. The second-order valence-electron chi connectivity index (χ2n) is 7.42. The van der Waals surface area contributed by atoms with Gasteiger partial charge in [0.1, 0.15) is 5.02 Å². The Morgan fingerprint density at radius 1 is 1.28 bits per heavy atom. The predicted molar refractivity (Wildman–Crippen MR) is 90.7 cm³/mol. The average Bonchev–Trinajstić information content (AvgIpc) is 3.51. The zero-order valence-electron chi connectivity index (χ0n) is 13.9. The molecule has 4 rings (SSSR count). The first kappa shape index (κ1) is 16.6. The van der Waals surface area contributed by atoms with Crippen molar-refractivity contribution >= 4 is 23.5 Å². The molecule has 25 heavy (non-hydrogen) atoms. The molecule has 0 aromatic carbocycles. The Labute approximate surface area is 151 Å². The molecule has 2 saturated carbocycles. The van der Waals surface area contributed by atoms with Gasteiger partial charge in [-0.05, 0) is 49.5 Å². The van der Waals surface area contributed by atoms with E-state index in [1.807, 2.05) is 0 Å². The first-order chi connectivity index (χ1) is 12.0. The Hall–Kier alpha value is -1.82. The van der Waals surface area contributed by atoms with Gasteiger partial charge < -0.3 is 14.7 Å². The maximum atomic E-state index is 12.7. The number of carboxylic acid groups (broad SMARTS) is 1. The molecule has 1 aromatic heterocycles. The fraction of sp³-hybridized carbons (Fsp3) is 0.611. The third-order valence-electron chi connectivity index (χ3n) is 5.40. The summed E-state index contributed by atoms with van der Waals surface area (Å²) in [5.74, 6) is -0.0440. The zero-order chi connectivity index (χ0) is 17.6. The normalized spacial score (nSPS) is 25.9. The molecule has 2 heterocycles. The van der Waals surface area contributed by atoms with Gasteiger partial charge in [0.05, 0.1) is 18.1 Å². The minimum atomic E-state index is -0.813. The van der Waals surface area contributed by atoms with Crippen molar-refractivity contribution in [3.05, 3.63) is 22.8 Å². The van der Waals surface area contributed by atoms with Crippen LogP contribution in [-0.4, -0.2) is 46.6 Å². The van der Waals surface area contributed by atoms with E-state index in [0.717, 1.165) is 12.8 Å². The summed E-state index contributed by atoms with van der Waals surface area (Å²) in [6, 6.07) is 1.57. The molecule has 0 radical (unpaired) electrons. The SMILES string of the molecule is O=C(O)[C@H]1CN(C(=O)c2cnc(OCC3CC3)c(Cl)c2)C[C@@H]1C1CC1. The van der Waals surface area contributed by atoms with Crippen molar-refractivity contribution in [1.29, 1.82) is 0 Å². The molecule has 1 saturated heterocycles. The zero-order valence-corrected chi connectivity index (χ0v) is 14.6. The molecule has 3 aliphatic rings. The van der Waals surface area contributed by atoms with Gasteiger partial charge in [-0.2, -0.15) is 0 Å². The van der Waals surface area contributed by atoms with E-state index in [4.69, 9.17) is 16.3 Å². The number of pyridine rings is 1. The Morgan fingerprint density at radius 2 is 2.04 bits per heavy atom. The lowest BCUT2D eigenvalue weighted by molar-refractivity contribution is -0.142. The van der Waals surface area contributed by atoms with E-state index in [2.05, 4.69) is 4.98 Å². The molecule has 1 N–H and O–H groups in total. The van der Waals surface area contributed by atoms with Crippen molar-refractivity contribution in [2.45, 2.75) is 25.7 Å². The van der Waals surface area contributed by atoms with Gasteiger partial charge >= 0.3 is 5.97 Å². The highest BCUT2D eigenvalue weighted by Crippen LogP contribution is 2.44. The largest absolute Gasteiger partial charge is 0.481 e. The number of carboxylic acids is 1. The van der Waals surface area contributed by atoms with Gasteiger partial charge in [0.2, 0.25) is 5.88 Å². The number of hydrogen-bond acceptors (Lipinski definition) is 4. The highest BCUT2D eigenvalue weighted by Gasteiger charge is 2.47. The molecule has 2 atom stereocenters. The maximum absolute atomic E-state index is 12.7. The first-order valence-corrected chi connectivity index (χ1v) is 9.21. The summed E-state index contributed by atoms with van der Waals surface area (Å²) >= 11 is 6.20. The highest BCUT2D eigenvalue weighted by atomic mass is 35.5. The number of amides is 1. The topological polar surface area (TPSA) is 79.7 Å². The van der Waals surface area contributed by atoms with Crippen LogP contribution in [0, 0.1) is 23.7 Å². The average molecular weight is 365 g/mol. The quantitative estimate of drug-likeness (QED) is 0.839. The summed E-state index contributed by atoms with van der Waals surface area (Å²) in [5, 5.41) is 9.75.